The van der Waals surface area contributed by atoms with Gasteiger partial charge in [0.2, 0.25) is 0 Å². The number of nitrogens with zero attached hydrogens (tertiary/aromatic N) is 3. The van der Waals surface area contributed by atoms with Gasteiger partial charge >= 0.3 is 126 Å². The van der Waals surface area contributed by atoms with Crippen molar-refractivity contribution < 1.29 is 21.5 Å². The Hall–Kier alpha value is -1.43. The summed E-state index contributed by atoms with van der Waals surface area (Å²) in [5.41, 5.74) is 0.641. The number of halogens is 4. The molecular weight excluding hydrogens is 321 g/mol. The Balaban J connectivity index is 2.30. The third kappa shape index (κ3) is 5.09. The van der Waals surface area contributed by atoms with Crippen molar-refractivity contribution in [1.82, 2.24) is 0 Å². The molecule has 1 aromatic carbocycles. The quantitative estimate of drug-likeness (QED) is 0.366. The molecule has 1 saturated carbocycles. The molecule has 0 N–H and O–H groups in total. The molecule has 0 spiro atoms. The van der Waals surface area contributed by atoms with E-state index in [0.717, 1.165) is 31.4 Å². The summed E-state index contributed by atoms with van der Waals surface area (Å²) in [5.74, 6) is 0.197. The molecule has 0 bridgehead atoms. The molecule has 2 rings (SSSR count). The molecule has 22 heavy (non-hydrogen) atoms. The first-order valence-corrected chi connectivity index (χ1v) is 8.66. The van der Waals surface area contributed by atoms with Crippen LogP contribution in [0.3, 0.4) is 0 Å². The molecule has 0 unspecified atom stereocenters. The zero-order chi connectivity index (χ0) is 16.4. The van der Waals surface area contributed by atoms with Crippen LogP contribution in [0.4, 0.5) is 28.2 Å². The monoisotopic (exact) mass is 339 g/mol. The molecule has 4 nitrogen and oxygen atoms in total. The average molecular weight is 339 g/mol. The summed E-state index contributed by atoms with van der Waals surface area (Å²) in [4.78, 5) is 3.75. The Morgan fingerprint density at radius 1 is 1.14 bits per heavy atom. The van der Waals surface area contributed by atoms with E-state index in [0.29, 0.717) is 0 Å². The van der Waals surface area contributed by atoms with E-state index >= 15 is 0 Å². The number of benzene rings is 1. The molecule has 0 heterocycles. The van der Waals surface area contributed by atoms with Crippen LogP contribution in [0.2, 0.25) is 0 Å². The van der Waals surface area contributed by atoms with E-state index in [1.807, 2.05) is 4.88 Å². The summed E-state index contributed by atoms with van der Waals surface area (Å²) in [6.45, 7) is 0. The summed E-state index contributed by atoms with van der Waals surface area (Å²) in [5, 5.41) is 3.03. The van der Waals surface area contributed by atoms with Crippen molar-refractivity contribution in [3.05, 3.63) is 18.2 Å². The maximum absolute atomic E-state index is 12.3. The molecule has 1 aromatic rings. The predicted molar refractivity (Wildman–Crippen MR) is 79.5 cm³/mol. The van der Waals surface area contributed by atoms with Crippen molar-refractivity contribution in [3.8, 4) is 5.75 Å². The SMILES string of the molecule is CN(C)c1ccc(N=NP(F)(F)(F)F)c(OC2CCCC2)c1. The van der Waals surface area contributed by atoms with Crippen LogP contribution < -0.4 is 9.64 Å². The van der Waals surface area contributed by atoms with Gasteiger partial charge in [-0.15, -0.1) is 0 Å². The van der Waals surface area contributed by atoms with Crippen LogP contribution in [0.5, 0.6) is 5.75 Å². The van der Waals surface area contributed by atoms with Gasteiger partial charge in [0.15, 0.2) is 0 Å². The van der Waals surface area contributed by atoms with Crippen molar-refractivity contribution in [2.45, 2.75) is 31.8 Å². The van der Waals surface area contributed by atoms with Gasteiger partial charge in [-0.1, -0.05) is 0 Å². The van der Waals surface area contributed by atoms with Crippen LogP contribution in [-0.4, -0.2) is 20.2 Å². The Kier molecular flexibility index (Phi) is 4.61. The molecule has 9 heteroatoms. The van der Waals surface area contributed by atoms with Gasteiger partial charge in [0.1, 0.15) is 0 Å². The first-order valence-electron chi connectivity index (χ1n) is 6.91. The van der Waals surface area contributed by atoms with E-state index in [9.17, 15) is 16.8 Å². The van der Waals surface area contributed by atoms with Crippen molar-refractivity contribution in [1.29, 1.82) is 0 Å². The molecule has 0 aromatic heterocycles. The topological polar surface area (TPSA) is 37.2 Å². The molecule has 0 aliphatic heterocycles. The molecule has 0 amide bonds. The number of rotatable bonds is 5. The molecule has 1 aliphatic rings. The van der Waals surface area contributed by atoms with Crippen molar-refractivity contribution >= 4 is 19.4 Å². The van der Waals surface area contributed by atoms with Crippen molar-refractivity contribution in [2.24, 2.45) is 10.00 Å². The number of anilines is 1. The zero-order valence-corrected chi connectivity index (χ0v) is 13.2. The molecule has 124 valence electrons. The molecule has 1 aliphatic carbocycles. The second kappa shape index (κ2) is 5.99. The molecular formula is C13H18F4N3OP. The normalized spacial score (nSPS) is 18.4. The van der Waals surface area contributed by atoms with Crippen LogP contribution in [0.25, 0.3) is 0 Å². The van der Waals surface area contributed by atoms with Gasteiger partial charge in [-0.05, 0) is 0 Å². The fraction of sp³-hybridized carbons (Fsp3) is 0.538. The van der Waals surface area contributed by atoms with Crippen LogP contribution >= 0.6 is 8.00 Å². The third-order valence-electron chi connectivity index (χ3n) is 3.34. The first kappa shape index (κ1) is 16.9. The van der Waals surface area contributed by atoms with Gasteiger partial charge in [-0.3, -0.25) is 0 Å². The van der Waals surface area contributed by atoms with Gasteiger partial charge in [0.25, 0.3) is 0 Å². The summed E-state index contributed by atoms with van der Waals surface area (Å²) in [7, 11) is -4.41. The molecule has 1 fully saturated rings. The zero-order valence-electron chi connectivity index (χ0n) is 12.3. The fourth-order valence-corrected chi connectivity index (χ4v) is 2.49. The number of hydrogen-bond donors (Lipinski definition) is 0. The summed E-state index contributed by atoms with van der Waals surface area (Å²) in [6.07, 6.45) is 3.69. The van der Waals surface area contributed by atoms with Crippen LogP contribution in [0.1, 0.15) is 25.7 Å². The minimum absolute atomic E-state index is 0.0481. The van der Waals surface area contributed by atoms with Gasteiger partial charge in [-0.2, -0.15) is 0 Å². The summed E-state index contributed by atoms with van der Waals surface area (Å²) >= 11 is 0. The second-order valence-electron chi connectivity index (χ2n) is 5.45. The first-order chi connectivity index (χ1) is 10.1. The van der Waals surface area contributed by atoms with E-state index < -0.39 is 8.00 Å². The maximum atomic E-state index is 12.3. The molecule has 0 radical (unpaired) electrons. The average Bonchev–Trinajstić information content (AvgIpc) is 2.88. The van der Waals surface area contributed by atoms with Crippen LogP contribution in [0, 0.1) is 0 Å². The van der Waals surface area contributed by atoms with Crippen LogP contribution in [-0.2, 0) is 0 Å². The Bertz CT molecular complexity index is 559. The molecule has 0 saturated heterocycles. The number of hydrogen-bond acceptors (Lipinski definition) is 4. The van der Waals surface area contributed by atoms with Crippen molar-refractivity contribution in [2.75, 3.05) is 19.0 Å². The van der Waals surface area contributed by atoms with E-state index in [1.165, 1.54) is 6.07 Å². The Morgan fingerprint density at radius 2 is 1.77 bits per heavy atom. The van der Waals surface area contributed by atoms with Crippen molar-refractivity contribution in [3.63, 3.8) is 0 Å². The third-order valence-corrected chi connectivity index (χ3v) is 3.70. The molecule has 0 atom stereocenters. The number of ether oxygens (including phenoxy) is 1. The summed E-state index contributed by atoms with van der Waals surface area (Å²) < 4.78 is 55.0. The van der Waals surface area contributed by atoms with E-state index in [1.54, 1.807) is 31.1 Å². The van der Waals surface area contributed by atoms with Gasteiger partial charge < -0.3 is 0 Å². The van der Waals surface area contributed by atoms with E-state index in [4.69, 9.17) is 4.74 Å². The Morgan fingerprint density at radius 3 is 2.32 bits per heavy atom. The van der Waals surface area contributed by atoms with Crippen LogP contribution in [0.15, 0.2) is 28.2 Å². The Labute approximate surface area is 126 Å². The standard InChI is InChI=1S/C13H18F4N3OP/c1-20(2)10-7-8-12(18-19-22(14,15,16)17)13(9-10)21-11-5-3-4-6-11/h7-9,11H,3-6H2,1-2H3. The second-order valence-corrected chi connectivity index (χ2v) is 7.00. The van der Waals surface area contributed by atoms with E-state index in [-0.39, 0.29) is 17.5 Å². The van der Waals surface area contributed by atoms with Gasteiger partial charge in [0, 0.05) is 0 Å². The summed E-state index contributed by atoms with van der Waals surface area (Å²) in [6, 6.07) is 4.53. The minimum atomic E-state index is -8.01. The van der Waals surface area contributed by atoms with Gasteiger partial charge in [-0.25, -0.2) is 0 Å². The predicted octanol–water partition coefficient (Wildman–Crippen LogP) is 6.16. The van der Waals surface area contributed by atoms with Gasteiger partial charge in [0.05, 0.1) is 0 Å². The fourth-order valence-electron chi connectivity index (χ4n) is 2.26. The van der Waals surface area contributed by atoms with E-state index in [2.05, 4.69) is 5.11 Å².